The third kappa shape index (κ3) is 4.07. The van der Waals surface area contributed by atoms with E-state index in [1.807, 2.05) is 18.2 Å². The number of hydrogen-bond acceptors (Lipinski definition) is 2. The number of carbonyl (C=O) groups excluding carboxylic acids is 1. The lowest BCUT2D eigenvalue weighted by atomic mass is 10.1. The molecule has 2 amide bonds. The van der Waals surface area contributed by atoms with Crippen LogP contribution >= 0.6 is 0 Å². The molecule has 0 aliphatic rings. The van der Waals surface area contributed by atoms with Crippen molar-refractivity contribution in [3.05, 3.63) is 65.5 Å². The average molecular weight is 274 g/mol. The van der Waals surface area contributed by atoms with Crippen molar-refractivity contribution in [3.63, 3.8) is 0 Å². The van der Waals surface area contributed by atoms with E-state index in [9.17, 15) is 9.18 Å². The lowest BCUT2D eigenvalue weighted by Gasteiger charge is -2.08. The number of hydrogen-bond donors (Lipinski definition) is 3. The van der Waals surface area contributed by atoms with Gasteiger partial charge in [-0.25, -0.2) is 9.18 Å². The Morgan fingerprint density at radius 3 is 2.60 bits per heavy atom. The molecule has 0 aromatic heterocycles. The minimum Gasteiger partial charge on any atom is -0.392 e. The first kappa shape index (κ1) is 14.0. The molecule has 2 aromatic carbocycles. The number of aliphatic hydroxyl groups is 1. The summed E-state index contributed by atoms with van der Waals surface area (Å²) in [5.74, 6) is -0.404. The van der Waals surface area contributed by atoms with Gasteiger partial charge in [-0.3, -0.25) is 0 Å². The number of benzene rings is 2. The highest BCUT2D eigenvalue weighted by Crippen LogP contribution is 2.09. The normalized spacial score (nSPS) is 10.1. The van der Waals surface area contributed by atoms with Crippen molar-refractivity contribution in [2.24, 2.45) is 0 Å². The summed E-state index contributed by atoms with van der Waals surface area (Å²) in [6.07, 6.45) is 0. The standard InChI is InChI=1S/C15H15FN2O2/c16-13-5-2-6-14(8-13)18-15(20)17-9-11-3-1-4-12(7-11)10-19/h1-8,19H,9-10H2,(H2,17,18,20). The van der Waals surface area contributed by atoms with Gasteiger partial charge in [-0.1, -0.05) is 30.3 Å². The number of rotatable bonds is 4. The van der Waals surface area contributed by atoms with Gasteiger partial charge >= 0.3 is 6.03 Å². The topological polar surface area (TPSA) is 61.4 Å². The van der Waals surface area contributed by atoms with Crippen LogP contribution in [0.3, 0.4) is 0 Å². The summed E-state index contributed by atoms with van der Waals surface area (Å²) in [5.41, 5.74) is 2.06. The molecule has 104 valence electrons. The highest BCUT2D eigenvalue weighted by Gasteiger charge is 2.03. The number of amides is 2. The van der Waals surface area contributed by atoms with Crippen LogP contribution in [0.4, 0.5) is 14.9 Å². The summed E-state index contributed by atoms with van der Waals surface area (Å²) >= 11 is 0. The molecule has 2 rings (SSSR count). The summed E-state index contributed by atoms with van der Waals surface area (Å²) in [6, 6.07) is 12.5. The fourth-order valence-electron chi connectivity index (χ4n) is 1.76. The van der Waals surface area contributed by atoms with E-state index in [4.69, 9.17) is 5.11 Å². The highest BCUT2D eigenvalue weighted by atomic mass is 19.1. The van der Waals surface area contributed by atoms with Crippen molar-refractivity contribution in [3.8, 4) is 0 Å². The molecule has 0 fully saturated rings. The summed E-state index contributed by atoms with van der Waals surface area (Å²) in [5, 5.41) is 14.2. The molecule has 0 radical (unpaired) electrons. The molecule has 0 saturated heterocycles. The number of anilines is 1. The van der Waals surface area contributed by atoms with Gasteiger partial charge in [-0.2, -0.15) is 0 Å². The van der Waals surface area contributed by atoms with Crippen LogP contribution in [0, 0.1) is 5.82 Å². The Balaban J connectivity index is 1.88. The SMILES string of the molecule is O=C(NCc1cccc(CO)c1)Nc1cccc(F)c1. The Labute approximate surface area is 116 Å². The van der Waals surface area contributed by atoms with Crippen molar-refractivity contribution in [1.29, 1.82) is 0 Å². The van der Waals surface area contributed by atoms with Crippen LogP contribution in [0.2, 0.25) is 0 Å². The number of halogens is 1. The van der Waals surface area contributed by atoms with E-state index in [2.05, 4.69) is 10.6 Å². The van der Waals surface area contributed by atoms with Crippen molar-refractivity contribution in [1.82, 2.24) is 5.32 Å². The Bertz CT molecular complexity index is 602. The predicted molar refractivity (Wildman–Crippen MR) is 74.6 cm³/mol. The molecule has 5 heteroatoms. The van der Waals surface area contributed by atoms with E-state index in [0.29, 0.717) is 12.2 Å². The van der Waals surface area contributed by atoms with Crippen LogP contribution in [0.5, 0.6) is 0 Å². The van der Waals surface area contributed by atoms with Crippen molar-refractivity contribution in [2.45, 2.75) is 13.2 Å². The third-order valence-corrected chi connectivity index (χ3v) is 2.71. The van der Waals surface area contributed by atoms with Gasteiger partial charge in [0.25, 0.3) is 0 Å². The Morgan fingerprint density at radius 1 is 1.10 bits per heavy atom. The van der Waals surface area contributed by atoms with Gasteiger partial charge in [0.2, 0.25) is 0 Å². The molecule has 2 aromatic rings. The Hall–Kier alpha value is -2.40. The summed E-state index contributed by atoms with van der Waals surface area (Å²) in [4.78, 5) is 11.7. The van der Waals surface area contributed by atoms with E-state index >= 15 is 0 Å². The number of nitrogens with one attached hydrogen (secondary N) is 2. The van der Waals surface area contributed by atoms with Crippen LogP contribution < -0.4 is 10.6 Å². The molecule has 0 saturated carbocycles. The number of aliphatic hydroxyl groups excluding tert-OH is 1. The molecule has 20 heavy (non-hydrogen) atoms. The quantitative estimate of drug-likeness (QED) is 0.802. The number of urea groups is 1. The first-order chi connectivity index (χ1) is 9.67. The molecule has 0 unspecified atom stereocenters. The van der Waals surface area contributed by atoms with Gasteiger partial charge < -0.3 is 15.7 Å². The first-order valence-electron chi connectivity index (χ1n) is 6.16. The maximum atomic E-state index is 13.0. The maximum Gasteiger partial charge on any atom is 0.319 e. The molecule has 0 aliphatic heterocycles. The van der Waals surface area contributed by atoms with Crippen molar-refractivity contribution in [2.75, 3.05) is 5.32 Å². The maximum absolute atomic E-state index is 13.0. The van der Waals surface area contributed by atoms with Gasteiger partial charge in [-0.15, -0.1) is 0 Å². The molecule has 0 spiro atoms. The minimum atomic E-state index is -0.412. The fraction of sp³-hybridized carbons (Fsp3) is 0.133. The van der Waals surface area contributed by atoms with E-state index in [1.165, 1.54) is 18.2 Å². The van der Waals surface area contributed by atoms with Crippen LogP contribution in [0.25, 0.3) is 0 Å². The highest BCUT2D eigenvalue weighted by molar-refractivity contribution is 5.89. The molecule has 0 aliphatic carbocycles. The van der Waals surface area contributed by atoms with E-state index in [-0.39, 0.29) is 6.61 Å². The molecule has 0 heterocycles. The molecular formula is C15H15FN2O2. The zero-order valence-electron chi connectivity index (χ0n) is 10.8. The van der Waals surface area contributed by atoms with E-state index < -0.39 is 11.8 Å². The smallest absolute Gasteiger partial charge is 0.319 e. The lowest BCUT2D eigenvalue weighted by Crippen LogP contribution is -2.28. The Morgan fingerprint density at radius 2 is 1.85 bits per heavy atom. The van der Waals surface area contributed by atoms with E-state index in [1.54, 1.807) is 12.1 Å². The second-order valence-electron chi connectivity index (χ2n) is 4.30. The fourth-order valence-corrected chi connectivity index (χ4v) is 1.76. The second-order valence-corrected chi connectivity index (χ2v) is 4.30. The van der Waals surface area contributed by atoms with Gasteiger partial charge in [0.15, 0.2) is 0 Å². The van der Waals surface area contributed by atoms with Crippen molar-refractivity contribution >= 4 is 11.7 Å². The van der Waals surface area contributed by atoms with Gasteiger partial charge in [0.05, 0.1) is 6.61 Å². The molecule has 0 atom stereocenters. The van der Waals surface area contributed by atoms with E-state index in [0.717, 1.165) is 11.1 Å². The molecule has 0 bridgehead atoms. The molecule has 3 N–H and O–H groups in total. The summed E-state index contributed by atoms with van der Waals surface area (Å²) < 4.78 is 13.0. The molecule has 4 nitrogen and oxygen atoms in total. The van der Waals surface area contributed by atoms with Crippen molar-refractivity contribution < 1.29 is 14.3 Å². The minimum absolute atomic E-state index is 0.0384. The van der Waals surface area contributed by atoms with Gasteiger partial charge in [0, 0.05) is 12.2 Å². The molecular weight excluding hydrogens is 259 g/mol. The third-order valence-electron chi connectivity index (χ3n) is 2.71. The second kappa shape index (κ2) is 6.68. The van der Waals surface area contributed by atoms with Gasteiger partial charge in [-0.05, 0) is 29.3 Å². The van der Waals surface area contributed by atoms with Gasteiger partial charge in [0.1, 0.15) is 5.82 Å². The van der Waals surface area contributed by atoms with Crippen LogP contribution in [0.15, 0.2) is 48.5 Å². The lowest BCUT2D eigenvalue weighted by molar-refractivity contribution is 0.251. The summed E-state index contributed by atoms with van der Waals surface area (Å²) in [7, 11) is 0. The zero-order chi connectivity index (χ0) is 14.4. The van der Waals surface area contributed by atoms with Crippen LogP contribution in [-0.2, 0) is 13.2 Å². The Kier molecular flexibility index (Phi) is 4.68. The predicted octanol–water partition coefficient (Wildman–Crippen LogP) is 2.64. The zero-order valence-corrected chi connectivity index (χ0v) is 10.8. The monoisotopic (exact) mass is 274 g/mol. The number of carbonyl (C=O) groups is 1. The van der Waals surface area contributed by atoms with Crippen LogP contribution in [-0.4, -0.2) is 11.1 Å². The first-order valence-corrected chi connectivity index (χ1v) is 6.16. The van der Waals surface area contributed by atoms with Crippen LogP contribution in [0.1, 0.15) is 11.1 Å². The average Bonchev–Trinajstić information content (AvgIpc) is 2.45. The summed E-state index contributed by atoms with van der Waals surface area (Å²) in [6.45, 7) is 0.290. The largest absolute Gasteiger partial charge is 0.392 e.